The van der Waals surface area contributed by atoms with Crippen LogP contribution in [-0.4, -0.2) is 11.5 Å². The Hall–Kier alpha value is -1.87. The number of ether oxygens (including phenoxy) is 1. The summed E-state index contributed by atoms with van der Waals surface area (Å²) in [7, 11) is 0. The zero-order valence-corrected chi connectivity index (χ0v) is 11.5. The smallest absolute Gasteiger partial charge is 0.145 e. The highest BCUT2D eigenvalue weighted by Gasteiger charge is 2.10. The molecule has 0 aliphatic rings. The van der Waals surface area contributed by atoms with E-state index < -0.39 is 0 Å². The van der Waals surface area contributed by atoms with Gasteiger partial charge in [0.25, 0.3) is 0 Å². The summed E-state index contributed by atoms with van der Waals surface area (Å²) in [5.41, 5.74) is 1.17. The number of benzene rings is 1. The normalized spacial score (nSPS) is 12.1. The van der Waals surface area contributed by atoms with Crippen LogP contribution in [-0.2, 0) is 0 Å². The van der Waals surface area contributed by atoms with Crippen molar-refractivity contribution in [2.24, 2.45) is 0 Å². The monoisotopic (exact) mass is 256 g/mol. The highest BCUT2D eigenvalue weighted by Crippen LogP contribution is 2.28. The van der Waals surface area contributed by atoms with E-state index in [4.69, 9.17) is 4.74 Å². The van der Waals surface area contributed by atoms with Gasteiger partial charge in [0.2, 0.25) is 0 Å². The Morgan fingerprint density at radius 1 is 1.21 bits per heavy atom. The first-order valence-electron chi connectivity index (χ1n) is 6.71. The second-order valence-electron chi connectivity index (χ2n) is 4.50. The number of rotatable bonds is 6. The van der Waals surface area contributed by atoms with Gasteiger partial charge in [-0.25, -0.2) is 0 Å². The molecule has 0 saturated heterocycles. The summed E-state index contributed by atoms with van der Waals surface area (Å²) >= 11 is 0. The standard InChI is InChI=1S/C16H20N2O/c1-3-10-18-13(2)15-8-4-5-9-16(15)19-14-7-6-11-17-12-14/h4-9,11-13,18H,3,10H2,1-2H3. The van der Waals surface area contributed by atoms with Crippen molar-refractivity contribution in [3.8, 4) is 11.5 Å². The molecule has 3 nitrogen and oxygen atoms in total. The van der Waals surface area contributed by atoms with Crippen LogP contribution in [0.25, 0.3) is 0 Å². The van der Waals surface area contributed by atoms with Crippen molar-refractivity contribution in [3.63, 3.8) is 0 Å². The van der Waals surface area contributed by atoms with E-state index in [1.807, 2.05) is 30.3 Å². The van der Waals surface area contributed by atoms with Crippen LogP contribution in [0.4, 0.5) is 0 Å². The number of nitrogens with zero attached hydrogens (tertiary/aromatic N) is 1. The van der Waals surface area contributed by atoms with Gasteiger partial charge in [0.1, 0.15) is 11.5 Å². The minimum atomic E-state index is 0.271. The van der Waals surface area contributed by atoms with Gasteiger partial charge in [-0.05, 0) is 38.1 Å². The number of nitrogens with one attached hydrogen (secondary N) is 1. The number of aromatic nitrogens is 1. The molecule has 1 aromatic heterocycles. The van der Waals surface area contributed by atoms with Crippen LogP contribution in [0.15, 0.2) is 48.8 Å². The SMILES string of the molecule is CCCNC(C)c1ccccc1Oc1cccnc1. The predicted molar refractivity (Wildman–Crippen MR) is 77.5 cm³/mol. The average Bonchev–Trinajstić information content (AvgIpc) is 2.46. The molecular weight excluding hydrogens is 236 g/mol. The largest absolute Gasteiger partial charge is 0.455 e. The maximum atomic E-state index is 5.91. The summed E-state index contributed by atoms with van der Waals surface area (Å²) in [5, 5.41) is 3.48. The minimum Gasteiger partial charge on any atom is -0.455 e. The number of para-hydroxylation sites is 1. The highest BCUT2D eigenvalue weighted by molar-refractivity contribution is 5.38. The van der Waals surface area contributed by atoms with E-state index in [-0.39, 0.29) is 6.04 Å². The van der Waals surface area contributed by atoms with Crippen molar-refractivity contribution < 1.29 is 4.74 Å². The number of hydrogen-bond donors (Lipinski definition) is 1. The quantitative estimate of drug-likeness (QED) is 0.850. The van der Waals surface area contributed by atoms with Gasteiger partial charge in [0, 0.05) is 17.8 Å². The first-order valence-corrected chi connectivity index (χ1v) is 6.71. The van der Waals surface area contributed by atoms with Crippen LogP contribution in [0.1, 0.15) is 31.9 Å². The van der Waals surface area contributed by atoms with E-state index >= 15 is 0 Å². The molecule has 0 bridgehead atoms. The molecule has 0 aliphatic heterocycles. The molecule has 0 radical (unpaired) electrons. The van der Waals surface area contributed by atoms with Crippen LogP contribution in [0.3, 0.4) is 0 Å². The lowest BCUT2D eigenvalue weighted by Crippen LogP contribution is -2.19. The van der Waals surface area contributed by atoms with Gasteiger partial charge >= 0.3 is 0 Å². The molecule has 19 heavy (non-hydrogen) atoms. The molecule has 3 heteroatoms. The summed E-state index contributed by atoms with van der Waals surface area (Å²) in [6.45, 7) is 5.32. The molecule has 0 saturated carbocycles. The Labute approximate surface area is 114 Å². The van der Waals surface area contributed by atoms with Crippen LogP contribution in [0, 0.1) is 0 Å². The van der Waals surface area contributed by atoms with Gasteiger partial charge in [-0.3, -0.25) is 4.98 Å². The molecule has 1 unspecified atom stereocenters. The Morgan fingerprint density at radius 2 is 2.05 bits per heavy atom. The fourth-order valence-electron chi connectivity index (χ4n) is 1.94. The molecule has 0 fully saturated rings. The molecule has 100 valence electrons. The second-order valence-corrected chi connectivity index (χ2v) is 4.50. The van der Waals surface area contributed by atoms with Crippen molar-refractivity contribution in [1.29, 1.82) is 0 Å². The predicted octanol–water partition coefficient (Wildman–Crippen LogP) is 3.93. The van der Waals surface area contributed by atoms with E-state index in [1.165, 1.54) is 5.56 Å². The third kappa shape index (κ3) is 3.80. The molecule has 0 amide bonds. The van der Waals surface area contributed by atoms with Gasteiger partial charge < -0.3 is 10.1 Å². The fraction of sp³-hybridized carbons (Fsp3) is 0.312. The molecule has 1 atom stereocenters. The summed E-state index contributed by atoms with van der Waals surface area (Å²) in [5.74, 6) is 1.64. The van der Waals surface area contributed by atoms with E-state index in [9.17, 15) is 0 Å². The molecule has 1 N–H and O–H groups in total. The van der Waals surface area contributed by atoms with E-state index in [0.29, 0.717) is 0 Å². The maximum Gasteiger partial charge on any atom is 0.145 e. The lowest BCUT2D eigenvalue weighted by atomic mass is 10.1. The van der Waals surface area contributed by atoms with Crippen molar-refractivity contribution in [3.05, 3.63) is 54.4 Å². The van der Waals surface area contributed by atoms with Crippen LogP contribution in [0.2, 0.25) is 0 Å². The summed E-state index contributed by atoms with van der Waals surface area (Å²) in [6.07, 6.45) is 4.58. The summed E-state index contributed by atoms with van der Waals surface area (Å²) in [4.78, 5) is 4.06. The van der Waals surface area contributed by atoms with Gasteiger partial charge in [-0.15, -0.1) is 0 Å². The summed E-state index contributed by atoms with van der Waals surface area (Å²) in [6, 6.07) is 12.2. The third-order valence-electron chi connectivity index (χ3n) is 2.95. The summed E-state index contributed by atoms with van der Waals surface area (Å²) < 4.78 is 5.91. The van der Waals surface area contributed by atoms with Gasteiger partial charge in [0.15, 0.2) is 0 Å². The van der Waals surface area contributed by atoms with E-state index in [0.717, 1.165) is 24.5 Å². The second kappa shape index (κ2) is 6.90. The van der Waals surface area contributed by atoms with Crippen LogP contribution in [0.5, 0.6) is 11.5 Å². The fourth-order valence-corrected chi connectivity index (χ4v) is 1.94. The lowest BCUT2D eigenvalue weighted by Gasteiger charge is -2.17. The zero-order valence-electron chi connectivity index (χ0n) is 11.5. The maximum absolute atomic E-state index is 5.91. The number of hydrogen-bond acceptors (Lipinski definition) is 3. The van der Waals surface area contributed by atoms with Gasteiger partial charge in [-0.1, -0.05) is 25.1 Å². The topological polar surface area (TPSA) is 34.1 Å². The lowest BCUT2D eigenvalue weighted by molar-refractivity contribution is 0.459. The average molecular weight is 256 g/mol. The van der Waals surface area contributed by atoms with Crippen molar-refractivity contribution in [1.82, 2.24) is 10.3 Å². The third-order valence-corrected chi connectivity index (χ3v) is 2.95. The number of pyridine rings is 1. The molecular formula is C16H20N2O. The zero-order chi connectivity index (χ0) is 13.5. The highest BCUT2D eigenvalue weighted by atomic mass is 16.5. The first kappa shape index (κ1) is 13.6. The molecule has 0 aliphatic carbocycles. The molecule has 1 heterocycles. The Bertz CT molecular complexity index is 499. The van der Waals surface area contributed by atoms with Crippen molar-refractivity contribution in [2.75, 3.05) is 6.54 Å². The minimum absolute atomic E-state index is 0.271. The van der Waals surface area contributed by atoms with Crippen LogP contribution < -0.4 is 10.1 Å². The Morgan fingerprint density at radius 3 is 2.79 bits per heavy atom. The Balaban J connectivity index is 2.16. The van der Waals surface area contributed by atoms with Crippen molar-refractivity contribution >= 4 is 0 Å². The first-order chi connectivity index (χ1) is 9.31. The van der Waals surface area contributed by atoms with Crippen LogP contribution >= 0.6 is 0 Å². The molecule has 1 aromatic carbocycles. The molecule has 2 rings (SSSR count). The van der Waals surface area contributed by atoms with E-state index in [1.54, 1.807) is 12.4 Å². The van der Waals surface area contributed by atoms with Crippen molar-refractivity contribution in [2.45, 2.75) is 26.3 Å². The molecule has 2 aromatic rings. The molecule has 0 spiro atoms. The van der Waals surface area contributed by atoms with Gasteiger partial charge in [0.05, 0.1) is 6.20 Å². The Kier molecular flexibility index (Phi) is 4.93. The van der Waals surface area contributed by atoms with Gasteiger partial charge in [-0.2, -0.15) is 0 Å². The van der Waals surface area contributed by atoms with E-state index in [2.05, 4.69) is 30.2 Å².